The molecule has 0 aliphatic carbocycles. The molecule has 0 unspecified atom stereocenters. The van der Waals surface area contributed by atoms with Crippen LogP contribution in [-0.4, -0.2) is 10.9 Å². The van der Waals surface area contributed by atoms with Crippen molar-refractivity contribution < 1.29 is 4.79 Å². The lowest BCUT2D eigenvalue weighted by atomic mass is 10.1. The van der Waals surface area contributed by atoms with Crippen molar-refractivity contribution in [2.75, 3.05) is 5.32 Å². The molecular formula is C19H18N2OS. The van der Waals surface area contributed by atoms with E-state index in [4.69, 9.17) is 0 Å². The number of hydrogen-bond donors (Lipinski definition) is 1. The van der Waals surface area contributed by atoms with E-state index in [-0.39, 0.29) is 5.91 Å². The van der Waals surface area contributed by atoms with Gasteiger partial charge in [-0.1, -0.05) is 60.2 Å². The van der Waals surface area contributed by atoms with Crippen molar-refractivity contribution >= 4 is 22.4 Å². The lowest BCUT2D eigenvalue weighted by Gasteiger charge is -2.03. The maximum atomic E-state index is 12.1. The van der Waals surface area contributed by atoms with Gasteiger partial charge in [-0.15, -0.1) is 11.3 Å². The summed E-state index contributed by atoms with van der Waals surface area (Å²) in [6.07, 6.45) is 1.20. The van der Waals surface area contributed by atoms with Gasteiger partial charge in [0, 0.05) is 17.4 Å². The topological polar surface area (TPSA) is 42.0 Å². The van der Waals surface area contributed by atoms with Crippen LogP contribution in [0.2, 0.25) is 0 Å². The molecule has 3 rings (SSSR count). The number of carbonyl (C=O) groups is 1. The largest absolute Gasteiger partial charge is 0.302 e. The average molecular weight is 322 g/mol. The molecule has 0 aliphatic rings. The fourth-order valence-electron chi connectivity index (χ4n) is 2.27. The first-order chi connectivity index (χ1) is 11.2. The summed E-state index contributed by atoms with van der Waals surface area (Å²) in [4.78, 5) is 16.5. The molecule has 0 bridgehead atoms. The Morgan fingerprint density at radius 2 is 1.83 bits per heavy atom. The molecule has 3 aromatic rings. The number of rotatable bonds is 5. The molecule has 0 spiro atoms. The predicted molar refractivity (Wildman–Crippen MR) is 95.7 cm³/mol. The highest BCUT2D eigenvalue weighted by Gasteiger charge is 2.08. The van der Waals surface area contributed by atoms with Crippen molar-refractivity contribution in [3.8, 4) is 11.3 Å². The summed E-state index contributed by atoms with van der Waals surface area (Å²) in [5.41, 5.74) is 4.36. The van der Waals surface area contributed by atoms with Gasteiger partial charge in [0.1, 0.15) is 0 Å². The van der Waals surface area contributed by atoms with E-state index in [9.17, 15) is 4.79 Å². The third-order valence-corrected chi connectivity index (χ3v) is 4.34. The SMILES string of the molecule is Cc1ccc(CCC(=O)Nc2nc(-c3ccccc3)cs2)cc1. The number of hydrogen-bond acceptors (Lipinski definition) is 3. The molecule has 1 N–H and O–H groups in total. The Bertz CT molecular complexity index is 779. The lowest BCUT2D eigenvalue weighted by molar-refractivity contribution is -0.116. The first-order valence-corrected chi connectivity index (χ1v) is 8.45. The summed E-state index contributed by atoms with van der Waals surface area (Å²) in [6, 6.07) is 18.2. The molecule has 0 saturated heterocycles. The molecule has 1 heterocycles. The highest BCUT2D eigenvalue weighted by atomic mass is 32.1. The zero-order valence-electron chi connectivity index (χ0n) is 13.0. The zero-order valence-corrected chi connectivity index (χ0v) is 13.8. The second-order valence-electron chi connectivity index (χ2n) is 5.44. The van der Waals surface area contributed by atoms with Crippen LogP contribution in [0.5, 0.6) is 0 Å². The van der Waals surface area contributed by atoms with Crippen molar-refractivity contribution in [1.29, 1.82) is 0 Å². The van der Waals surface area contributed by atoms with Gasteiger partial charge in [0.15, 0.2) is 5.13 Å². The summed E-state index contributed by atoms with van der Waals surface area (Å²) in [5, 5.41) is 5.50. The van der Waals surface area contributed by atoms with Crippen molar-refractivity contribution in [3.63, 3.8) is 0 Å². The summed E-state index contributed by atoms with van der Waals surface area (Å²) >= 11 is 1.45. The van der Waals surface area contributed by atoms with Crippen LogP contribution in [0.1, 0.15) is 17.5 Å². The Labute approximate surface area is 140 Å². The third kappa shape index (κ3) is 4.27. The van der Waals surface area contributed by atoms with Gasteiger partial charge in [-0.2, -0.15) is 0 Å². The molecule has 0 saturated carbocycles. The zero-order chi connectivity index (χ0) is 16.1. The van der Waals surface area contributed by atoms with E-state index < -0.39 is 0 Å². The Hall–Kier alpha value is -2.46. The molecule has 116 valence electrons. The molecule has 0 radical (unpaired) electrons. The maximum Gasteiger partial charge on any atom is 0.226 e. The Morgan fingerprint density at radius 3 is 2.57 bits per heavy atom. The second kappa shape index (κ2) is 7.20. The first-order valence-electron chi connectivity index (χ1n) is 7.57. The van der Waals surface area contributed by atoms with Crippen LogP contribution >= 0.6 is 11.3 Å². The highest BCUT2D eigenvalue weighted by molar-refractivity contribution is 7.14. The summed E-state index contributed by atoms with van der Waals surface area (Å²) in [6.45, 7) is 2.06. The quantitative estimate of drug-likeness (QED) is 0.740. The number of nitrogens with one attached hydrogen (secondary N) is 1. The van der Waals surface area contributed by atoms with Crippen LogP contribution in [0.15, 0.2) is 60.0 Å². The van der Waals surface area contributed by atoms with Gasteiger partial charge >= 0.3 is 0 Å². The summed E-state index contributed by atoms with van der Waals surface area (Å²) < 4.78 is 0. The number of aromatic nitrogens is 1. The summed E-state index contributed by atoms with van der Waals surface area (Å²) in [7, 11) is 0. The number of aryl methyl sites for hydroxylation is 2. The molecule has 4 heteroatoms. The molecule has 23 heavy (non-hydrogen) atoms. The Morgan fingerprint density at radius 1 is 1.09 bits per heavy atom. The standard InChI is InChI=1S/C19H18N2OS/c1-14-7-9-15(10-8-14)11-12-18(22)21-19-20-17(13-23-19)16-5-3-2-4-6-16/h2-10,13H,11-12H2,1H3,(H,20,21,22). The number of benzene rings is 2. The van der Waals surface area contributed by atoms with Crippen LogP contribution < -0.4 is 5.32 Å². The van der Waals surface area contributed by atoms with E-state index in [1.54, 1.807) is 0 Å². The van der Waals surface area contributed by atoms with Gasteiger partial charge in [0.2, 0.25) is 5.91 Å². The average Bonchev–Trinajstić information content (AvgIpc) is 3.04. The van der Waals surface area contributed by atoms with Gasteiger partial charge in [-0.3, -0.25) is 4.79 Å². The van der Waals surface area contributed by atoms with E-state index in [0.717, 1.165) is 17.7 Å². The van der Waals surface area contributed by atoms with Crippen LogP contribution in [0, 0.1) is 6.92 Å². The minimum atomic E-state index is -0.000429. The monoisotopic (exact) mass is 322 g/mol. The number of carbonyl (C=O) groups excluding carboxylic acids is 1. The Balaban J connectivity index is 1.56. The number of thiazole rings is 1. The van der Waals surface area contributed by atoms with Gasteiger partial charge in [0.25, 0.3) is 0 Å². The predicted octanol–water partition coefficient (Wildman–Crippen LogP) is 4.69. The molecule has 0 fully saturated rings. The second-order valence-corrected chi connectivity index (χ2v) is 6.30. The fourth-order valence-corrected chi connectivity index (χ4v) is 3.00. The van der Waals surface area contributed by atoms with Crippen LogP contribution in [0.3, 0.4) is 0 Å². The minimum Gasteiger partial charge on any atom is -0.302 e. The van der Waals surface area contributed by atoms with Gasteiger partial charge < -0.3 is 5.32 Å². The van der Waals surface area contributed by atoms with E-state index in [1.807, 2.05) is 35.7 Å². The van der Waals surface area contributed by atoms with E-state index in [2.05, 4.69) is 41.5 Å². The highest BCUT2D eigenvalue weighted by Crippen LogP contribution is 2.24. The van der Waals surface area contributed by atoms with Gasteiger partial charge in [-0.05, 0) is 18.9 Å². The smallest absolute Gasteiger partial charge is 0.226 e. The fraction of sp³-hybridized carbons (Fsp3) is 0.158. The third-order valence-electron chi connectivity index (χ3n) is 3.58. The number of nitrogens with zero attached hydrogens (tertiary/aromatic N) is 1. The summed E-state index contributed by atoms with van der Waals surface area (Å²) in [5.74, 6) is -0.000429. The van der Waals surface area contributed by atoms with E-state index in [1.165, 1.54) is 22.5 Å². The van der Waals surface area contributed by atoms with Crippen molar-refractivity contribution in [3.05, 3.63) is 71.1 Å². The van der Waals surface area contributed by atoms with Crippen LogP contribution in [0.4, 0.5) is 5.13 Å². The first kappa shape index (κ1) is 15.4. The maximum absolute atomic E-state index is 12.1. The van der Waals surface area contributed by atoms with E-state index >= 15 is 0 Å². The molecular weight excluding hydrogens is 304 g/mol. The number of amides is 1. The Kier molecular flexibility index (Phi) is 4.83. The van der Waals surface area contributed by atoms with E-state index in [0.29, 0.717) is 11.6 Å². The molecule has 1 amide bonds. The molecule has 2 aromatic carbocycles. The minimum absolute atomic E-state index is 0.000429. The van der Waals surface area contributed by atoms with Crippen molar-refractivity contribution in [2.45, 2.75) is 19.8 Å². The molecule has 0 atom stereocenters. The normalized spacial score (nSPS) is 10.5. The van der Waals surface area contributed by atoms with Gasteiger partial charge in [0.05, 0.1) is 5.69 Å². The lowest BCUT2D eigenvalue weighted by Crippen LogP contribution is -2.12. The molecule has 1 aromatic heterocycles. The van der Waals surface area contributed by atoms with Crippen LogP contribution in [-0.2, 0) is 11.2 Å². The van der Waals surface area contributed by atoms with Crippen LogP contribution in [0.25, 0.3) is 11.3 Å². The van der Waals surface area contributed by atoms with Gasteiger partial charge in [-0.25, -0.2) is 4.98 Å². The molecule has 3 nitrogen and oxygen atoms in total. The molecule has 0 aliphatic heterocycles. The van der Waals surface area contributed by atoms with Crippen molar-refractivity contribution in [2.24, 2.45) is 0 Å². The number of anilines is 1. The van der Waals surface area contributed by atoms with Crippen molar-refractivity contribution in [1.82, 2.24) is 4.98 Å².